The molecule has 3 aromatic rings. The lowest BCUT2D eigenvalue weighted by Crippen LogP contribution is -2.53. The largest absolute Gasteiger partial charge is 0.338 e. The van der Waals surface area contributed by atoms with Crippen molar-refractivity contribution in [3.05, 3.63) is 111 Å². The molecule has 1 atom stereocenters. The van der Waals surface area contributed by atoms with Gasteiger partial charge < -0.3 is 9.80 Å². The number of nitro benzene ring substituents is 1. The molecule has 174 valence electrons. The van der Waals surface area contributed by atoms with Gasteiger partial charge in [-0.3, -0.25) is 19.7 Å². The van der Waals surface area contributed by atoms with Gasteiger partial charge in [0.05, 0.1) is 23.8 Å². The number of carbonyl (C=O) groups excluding carboxylic acids is 2. The molecule has 0 bridgehead atoms. The number of carbonyl (C=O) groups is 2. The third-order valence-electron chi connectivity index (χ3n) is 6.01. The minimum absolute atomic E-state index is 0.00126. The Morgan fingerprint density at radius 2 is 1.44 bits per heavy atom. The first kappa shape index (κ1) is 23.4. The van der Waals surface area contributed by atoms with Gasteiger partial charge in [-0.25, -0.2) is 0 Å². The van der Waals surface area contributed by atoms with Crippen LogP contribution in [0.5, 0.6) is 0 Å². The molecule has 8 heteroatoms. The molecule has 0 radical (unpaired) electrons. The van der Waals surface area contributed by atoms with Crippen LogP contribution in [0.3, 0.4) is 0 Å². The summed E-state index contributed by atoms with van der Waals surface area (Å²) in [6.07, 6.45) is 0.412. The van der Waals surface area contributed by atoms with Gasteiger partial charge in [-0.15, -0.1) is 0 Å². The van der Waals surface area contributed by atoms with Crippen LogP contribution in [-0.4, -0.2) is 46.2 Å². The number of piperazine rings is 1. The minimum atomic E-state index is -0.462. The van der Waals surface area contributed by atoms with Crippen LogP contribution in [0.4, 0.5) is 5.69 Å². The highest BCUT2D eigenvalue weighted by Crippen LogP contribution is 2.27. The lowest BCUT2D eigenvalue weighted by molar-refractivity contribution is -0.384. The van der Waals surface area contributed by atoms with Crippen molar-refractivity contribution < 1.29 is 14.5 Å². The van der Waals surface area contributed by atoms with Crippen molar-refractivity contribution in [1.29, 1.82) is 0 Å². The summed E-state index contributed by atoms with van der Waals surface area (Å²) in [6, 6.07) is 22.7. The van der Waals surface area contributed by atoms with E-state index in [4.69, 9.17) is 11.6 Å². The molecule has 1 aliphatic heterocycles. The average molecular weight is 478 g/mol. The van der Waals surface area contributed by atoms with Gasteiger partial charge in [-0.05, 0) is 28.8 Å². The zero-order chi connectivity index (χ0) is 24.1. The van der Waals surface area contributed by atoms with Crippen molar-refractivity contribution in [3.8, 4) is 0 Å². The molecule has 0 spiro atoms. The number of nitro groups is 1. The van der Waals surface area contributed by atoms with Gasteiger partial charge in [0.25, 0.3) is 5.69 Å². The maximum absolute atomic E-state index is 13.2. The Balaban J connectivity index is 1.48. The second-order valence-corrected chi connectivity index (χ2v) is 8.69. The first-order valence-corrected chi connectivity index (χ1v) is 11.4. The van der Waals surface area contributed by atoms with E-state index in [2.05, 4.69) is 0 Å². The average Bonchev–Trinajstić information content (AvgIpc) is 2.86. The molecule has 1 aliphatic rings. The van der Waals surface area contributed by atoms with Gasteiger partial charge in [-0.2, -0.15) is 0 Å². The fourth-order valence-corrected chi connectivity index (χ4v) is 4.29. The molecule has 1 heterocycles. The highest BCUT2D eigenvalue weighted by molar-refractivity contribution is 6.30. The predicted octanol–water partition coefficient (Wildman–Crippen LogP) is 4.45. The summed E-state index contributed by atoms with van der Waals surface area (Å²) < 4.78 is 0. The molecule has 1 saturated heterocycles. The second kappa shape index (κ2) is 10.5. The van der Waals surface area contributed by atoms with Crippen LogP contribution in [-0.2, 0) is 22.4 Å². The lowest BCUT2D eigenvalue weighted by Gasteiger charge is -2.42. The van der Waals surface area contributed by atoms with Crippen molar-refractivity contribution in [3.63, 3.8) is 0 Å². The van der Waals surface area contributed by atoms with E-state index in [9.17, 15) is 19.7 Å². The number of hydrogen-bond acceptors (Lipinski definition) is 4. The molecule has 4 rings (SSSR count). The molecule has 0 aromatic heterocycles. The number of amides is 2. The van der Waals surface area contributed by atoms with Gasteiger partial charge in [0.15, 0.2) is 0 Å². The van der Waals surface area contributed by atoms with E-state index < -0.39 is 4.92 Å². The summed E-state index contributed by atoms with van der Waals surface area (Å²) >= 11 is 5.96. The molecule has 0 aliphatic carbocycles. The monoisotopic (exact) mass is 477 g/mol. The summed E-state index contributed by atoms with van der Waals surface area (Å²) in [7, 11) is 0. The quantitative estimate of drug-likeness (QED) is 0.388. The van der Waals surface area contributed by atoms with E-state index in [1.54, 1.807) is 29.2 Å². The fraction of sp³-hybridized carbons (Fsp3) is 0.231. The summed E-state index contributed by atoms with van der Waals surface area (Å²) in [4.78, 5) is 40.3. The zero-order valence-electron chi connectivity index (χ0n) is 18.5. The number of rotatable bonds is 6. The van der Waals surface area contributed by atoms with Gasteiger partial charge in [-0.1, -0.05) is 66.2 Å². The van der Waals surface area contributed by atoms with E-state index in [-0.39, 0.29) is 36.4 Å². The van der Waals surface area contributed by atoms with Crippen LogP contribution in [0.1, 0.15) is 22.7 Å². The van der Waals surface area contributed by atoms with Crippen molar-refractivity contribution in [2.75, 3.05) is 19.6 Å². The van der Waals surface area contributed by atoms with Crippen molar-refractivity contribution in [2.24, 2.45) is 0 Å². The lowest BCUT2D eigenvalue weighted by atomic mass is 10.00. The molecule has 0 N–H and O–H groups in total. The summed E-state index contributed by atoms with van der Waals surface area (Å²) in [5.41, 5.74) is 2.57. The van der Waals surface area contributed by atoms with Gasteiger partial charge in [0.2, 0.25) is 11.8 Å². The molecular weight excluding hydrogens is 454 g/mol. The summed E-state index contributed by atoms with van der Waals surface area (Å²) in [6.45, 7) is 1.25. The van der Waals surface area contributed by atoms with Crippen LogP contribution in [0, 0.1) is 10.1 Å². The smallest absolute Gasteiger partial charge is 0.269 e. The standard InChI is InChI=1S/C26H24ClN3O4/c27-22-10-6-19(7-11-22)17-26(32)29-15-14-28(18-24(29)21-4-2-1-3-5-21)25(31)16-20-8-12-23(13-9-20)30(33)34/h1-13,24H,14-18H2. The molecule has 1 unspecified atom stereocenters. The molecule has 3 aromatic carbocycles. The third kappa shape index (κ3) is 5.61. The molecule has 7 nitrogen and oxygen atoms in total. The first-order valence-electron chi connectivity index (χ1n) is 11.0. The van der Waals surface area contributed by atoms with Crippen LogP contribution in [0.25, 0.3) is 0 Å². The minimum Gasteiger partial charge on any atom is -0.338 e. The number of non-ortho nitro benzene ring substituents is 1. The fourth-order valence-electron chi connectivity index (χ4n) is 4.17. The van der Waals surface area contributed by atoms with Gasteiger partial charge in [0.1, 0.15) is 0 Å². The molecule has 1 fully saturated rings. The Kier molecular flexibility index (Phi) is 7.23. The normalized spacial score (nSPS) is 15.7. The van der Waals surface area contributed by atoms with E-state index in [1.165, 1.54) is 12.1 Å². The first-order chi connectivity index (χ1) is 16.4. The maximum Gasteiger partial charge on any atom is 0.269 e. The van der Waals surface area contributed by atoms with E-state index in [0.29, 0.717) is 30.2 Å². The summed E-state index contributed by atoms with van der Waals surface area (Å²) in [5.74, 6) is -0.0711. The predicted molar refractivity (Wildman–Crippen MR) is 129 cm³/mol. The van der Waals surface area contributed by atoms with Crippen LogP contribution >= 0.6 is 11.6 Å². The van der Waals surface area contributed by atoms with Gasteiger partial charge in [0, 0.05) is 36.8 Å². The number of nitrogens with zero attached hydrogens (tertiary/aromatic N) is 3. The Morgan fingerprint density at radius 1 is 0.853 bits per heavy atom. The van der Waals surface area contributed by atoms with Crippen molar-refractivity contribution in [2.45, 2.75) is 18.9 Å². The van der Waals surface area contributed by atoms with E-state index >= 15 is 0 Å². The SMILES string of the molecule is O=C(Cc1ccc([N+](=O)[O-])cc1)N1CCN(C(=O)Cc2ccc(Cl)cc2)C(c2ccccc2)C1. The Labute approximate surface area is 202 Å². The number of hydrogen-bond donors (Lipinski definition) is 0. The Morgan fingerprint density at radius 3 is 2.06 bits per heavy atom. The summed E-state index contributed by atoms with van der Waals surface area (Å²) in [5, 5.41) is 11.5. The highest BCUT2D eigenvalue weighted by atomic mass is 35.5. The van der Waals surface area contributed by atoms with Crippen LogP contribution < -0.4 is 0 Å². The van der Waals surface area contributed by atoms with Crippen LogP contribution in [0.2, 0.25) is 5.02 Å². The van der Waals surface area contributed by atoms with Crippen molar-refractivity contribution >= 4 is 29.1 Å². The molecular formula is C26H24ClN3O4. The number of benzene rings is 3. The Hall–Kier alpha value is -3.71. The number of halogens is 1. The zero-order valence-corrected chi connectivity index (χ0v) is 19.2. The maximum atomic E-state index is 13.2. The van der Waals surface area contributed by atoms with E-state index in [0.717, 1.165) is 11.1 Å². The van der Waals surface area contributed by atoms with Crippen LogP contribution in [0.15, 0.2) is 78.9 Å². The second-order valence-electron chi connectivity index (χ2n) is 8.26. The molecule has 0 saturated carbocycles. The Bertz CT molecular complexity index is 1170. The topological polar surface area (TPSA) is 83.8 Å². The third-order valence-corrected chi connectivity index (χ3v) is 6.26. The van der Waals surface area contributed by atoms with Crippen molar-refractivity contribution in [1.82, 2.24) is 9.80 Å². The molecule has 2 amide bonds. The highest BCUT2D eigenvalue weighted by Gasteiger charge is 2.33. The molecule has 34 heavy (non-hydrogen) atoms. The van der Waals surface area contributed by atoms with E-state index in [1.807, 2.05) is 47.4 Å². The van der Waals surface area contributed by atoms with Gasteiger partial charge >= 0.3 is 0 Å².